The van der Waals surface area contributed by atoms with Crippen LogP contribution < -0.4 is 0 Å². The molecule has 0 atom stereocenters. The maximum atomic E-state index is 5.92. The van der Waals surface area contributed by atoms with Gasteiger partial charge in [-0.25, -0.2) is 4.98 Å². The second kappa shape index (κ2) is 5.81. The quantitative estimate of drug-likeness (QED) is 0.790. The minimum atomic E-state index is 0.484. The molecule has 5 heteroatoms. The first kappa shape index (κ1) is 13.4. The molecule has 2 heterocycles. The zero-order valence-electron chi connectivity index (χ0n) is 10.6. The summed E-state index contributed by atoms with van der Waals surface area (Å²) < 4.78 is 8.89. The molecule has 0 amide bonds. The number of nitrogens with zero attached hydrogens (tertiary/aromatic N) is 2. The van der Waals surface area contributed by atoms with E-state index in [1.807, 2.05) is 0 Å². The van der Waals surface area contributed by atoms with Crippen LogP contribution in [0.15, 0.2) is 22.7 Å². The van der Waals surface area contributed by atoms with Gasteiger partial charge in [0.15, 0.2) is 0 Å². The lowest BCUT2D eigenvalue weighted by Gasteiger charge is -2.25. The van der Waals surface area contributed by atoms with E-state index in [4.69, 9.17) is 21.3 Å². The minimum absolute atomic E-state index is 0.484. The molecule has 1 aromatic carbocycles. The zero-order chi connectivity index (χ0) is 13.2. The second-order valence-corrected chi connectivity index (χ2v) is 6.11. The summed E-state index contributed by atoms with van der Waals surface area (Å²) in [7, 11) is 0. The van der Waals surface area contributed by atoms with E-state index in [2.05, 4.69) is 38.7 Å². The van der Waals surface area contributed by atoms with Crippen LogP contribution in [0.1, 0.15) is 24.7 Å². The third-order valence-corrected chi connectivity index (χ3v) is 4.28. The monoisotopic (exact) mass is 342 g/mol. The number of rotatable bonds is 3. The molecule has 3 rings (SSSR count). The Morgan fingerprint density at radius 1 is 1.37 bits per heavy atom. The molecule has 0 spiro atoms. The fourth-order valence-corrected chi connectivity index (χ4v) is 3.25. The van der Waals surface area contributed by atoms with Crippen molar-refractivity contribution in [2.24, 2.45) is 0 Å². The first-order chi connectivity index (χ1) is 9.29. The van der Waals surface area contributed by atoms with Crippen LogP contribution in [-0.4, -0.2) is 28.6 Å². The summed E-state index contributed by atoms with van der Waals surface area (Å²) in [5.41, 5.74) is 2.25. The van der Waals surface area contributed by atoms with Gasteiger partial charge in [-0.2, -0.15) is 0 Å². The summed E-state index contributed by atoms with van der Waals surface area (Å²) in [4.78, 5) is 4.75. The lowest BCUT2D eigenvalue weighted by atomic mass is 10.1. The number of halogens is 2. The lowest BCUT2D eigenvalue weighted by Crippen LogP contribution is -2.21. The number of hydrogen-bond acceptors (Lipinski definition) is 2. The van der Waals surface area contributed by atoms with Gasteiger partial charge in [0.05, 0.1) is 11.0 Å². The zero-order valence-corrected chi connectivity index (χ0v) is 13.0. The fraction of sp³-hybridized carbons (Fsp3) is 0.500. The van der Waals surface area contributed by atoms with E-state index < -0.39 is 0 Å². The van der Waals surface area contributed by atoms with Crippen molar-refractivity contribution in [3.8, 4) is 0 Å². The first-order valence-electron chi connectivity index (χ1n) is 6.59. The molecule has 19 heavy (non-hydrogen) atoms. The predicted octanol–water partition coefficient (Wildman–Crippen LogP) is 3.93. The van der Waals surface area contributed by atoms with Crippen molar-refractivity contribution < 1.29 is 4.74 Å². The number of benzene rings is 1. The summed E-state index contributed by atoms with van der Waals surface area (Å²) >= 11 is 9.42. The van der Waals surface area contributed by atoms with Crippen molar-refractivity contribution in [3.63, 3.8) is 0 Å². The summed E-state index contributed by atoms with van der Waals surface area (Å²) in [6.45, 7) is 1.67. The first-order valence-corrected chi connectivity index (χ1v) is 7.92. The molecule has 0 bridgehead atoms. The Morgan fingerprint density at radius 2 is 2.16 bits per heavy atom. The molecular formula is C14H16BrClN2O. The van der Waals surface area contributed by atoms with Crippen LogP contribution in [0.5, 0.6) is 0 Å². The number of imidazole rings is 1. The third kappa shape index (κ3) is 2.67. The number of aromatic nitrogens is 2. The molecule has 0 aliphatic carbocycles. The molecule has 1 saturated heterocycles. The Kier molecular flexibility index (Phi) is 4.10. The molecule has 2 aromatic rings. The van der Waals surface area contributed by atoms with Crippen molar-refractivity contribution in [3.05, 3.63) is 28.5 Å². The number of alkyl halides is 1. The number of fused-ring (bicyclic) bond motifs is 1. The highest BCUT2D eigenvalue weighted by atomic mass is 79.9. The average molecular weight is 344 g/mol. The smallest absolute Gasteiger partial charge is 0.111 e. The van der Waals surface area contributed by atoms with Gasteiger partial charge < -0.3 is 9.30 Å². The Labute approximate surface area is 126 Å². The molecule has 0 saturated carbocycles. The average Bonchev–Trinajstić information content (AvgIpc) is 2.77. The minimum Gasteiger partial charge on any atom is -0.381 e. The number of ether oxygens (including phenoxy) is 1. The molecule has 1 aliphatic heterocycles. The molecule has 1 fully saturated rings. The van der Waals surface area contributed by atoms with Gasteiger partial charge >= 0.3 is 0 Å². The maximum Gasteiger partial charge on any atom is 0.111 e. The van der Waals surface area contributed by atoms with E-state index in [0.29, 0.717) is 11.9 Å². The molecule has 102 valence electrons. The van der Waals surface area contributed by atoms with Crippen molar-refractivity contribution in [1.82, 2.24) is 9.55 Å². The Hall–Kier alpha value is -0.580. The van der Waals surface area contributed by atoms with Crippen LogP contribution in [0.25, 0.3) is 11.0 Å². The van der Waals surface area contributed by atoms with Gasteiger partial charge in [0.1, 0.15) is 5.82 Å². The van der Waals surface area contributed by atoms with Gasteiger partial charge in [-0.3, -0.25) is 0 Å². The third-order valence-electron chi connectivity index (χ3n) is 3.60. The maximum absolute atomic E-state index is 5.92. The predicted molar refractivity (Wildman–Crippen MR) is 80.9 cm³/mol. The number of hydrogen-bond donors (Lipinski definition) is 0. The fourth-order valence-electron chi connectivity index (χ4n) is 2.73. The van der Waals surface area contributed by atoms with Crippen LogP contribution in [0, 0.1) is 0 Å². The standard InChI is InChI=1S/C14H16BrClN2O/c15-10-1-2-13-12(9-10)17-14(3-6-16)18(13)11-4-7-19-8-5-11/h1-2,9,11H,3-8H2. The molecule has 3 nitrogen and oxygen atoms in total. The van der Waals surface area contributed by atoms with Gasteiger partial charge in [0, 0.05) is 36.0 Å². The van der Waals surface area contributed by atoms with E-state index in [-0.39, 0.29) is 0 Å². The highest BCUT2D eigenvalue weighted by Gasteiger charge is 2.21. The van der Waals surface area contributed by atoms with Crippen LogP contribution in [0.3, 0.4) is 0 Å². The number of aryl methyl sites for hydroxylation is 1. The second-order valence-electron chi connectivity index (χ2n) is 4.81. The van der Waals surface area contributed by atoms with Gasteiger partial charge in [-0.1, -0.05) is 15.9 Å². The van der Waals surface area contributed by atoms with Gasteiger partial charge in [-0.05, 0) is 31.0 Å². The van der Waals surface area contributed by atoms with Crippen LogP contribution in [-0.2, 0) is 11.2 Å². The van der Waals surface area contributed by atoms with E-state index in [1.54, 1.807) is 0 Å². The summed E-state index contributed by atoms with van der Waals surface area (Å²) in [6.07, 6.45) is 2.92. The summed E-state index contributed by atoms with van der Waals surface area (Å²) in [5.74, 6) is 1.70. The van der Waals surface area contributed by atoms with E-state index in [1.165, 1.54) is 5.52 Å². The van der Waals surface area contributed by atoms with Gasteiger partial charge in [0.2, 0.25) is 0 Å². The highest BCUT2D eigenvalue weighted by Crippen LogP contribution is 2.29. The Bertz CT molecular complexity index is 578. The van der Waals surface area contributed by atoms with Gasteiger partial charge in [0.25, 0.3) is 0 Å². The molecule has 1 aliphatic rings. The van der Waals surface area contributed by atoms with E-state index >= 15 is 0 Å². The SMILES string of the molecule is ClCCc1nc2cc(Br)ccc2n1C1CCOCC1. The molecule has 1 aromatic heterocycles. The molecule has 0 N–H and O–H groups in total. The van der Waals surface area contributed by atoms with Crippen molar-refractivity contribution >= 4 is 38.6 Å². The molecule has 0 unspecified atom stereocenters. The Morgan fingerprint density at radius 3 is 2.89 bits per heavy atom. The highest BCUT2D eigenvalue weighted by molar-refractivity contribution is 9.10. The summed E-state index contributed by atoms with van der Waals surface area (Å²) in [5, 5.41) is 0. The van der Waals surface area contributed by atoms with Crippen molar-refractivity contribution in [1.29, 1.82) is 0 Å². The van der Waals surface area contributed by atoms with Gasteiger partial charge in [-0.15, -0.1) is 11.6 Å². The largest absolute Gasteiger partial charge is 0.381 e. The van der Waals surface area contributed by atoms with Crippen molar-refractivity contribution in [2.45, 2.75) is 25.3 Å². The summed E-state index contributed by atoms with van der Waals surface area (Å²) in [6, 6.07) is 6.77. The molecule has 0 radical (unpaired) electrons. The van der Waals surface area contributed by atoms with E-state index in [9.17, 15) is 0 Å². The molecular weight excluding hydrogens is 328 g/mol. The lowest BCUT2D eigenvalue weighted by molar-refractivity contribution is 0.0699. The van der Waals surface area contributed by atoms with Crippen LogP contribution >= 0.6 is 27.5 Å². The van der Waals surface area contributed by atoms with Crippen molar-refractivity contribution in [2.75, 3.05) is 19.1 Å². The van der Waals surface area contributed by atoms with E-state index in [0.717, 1.165) is 48.3 Å². The Balaban J connectivity index is 2.09. The van der Waals surface area contributed by atoms with Crippen LogP contribution in [0.2, 0.25) is 0 Å². The topological polar surface area (TPSA) is 27.1 Å². The van der Waals surface area contributed by atoms with Crippen LogP contribution in [0.4, 0.5) is 0 Å². The normalized spacial score (nSPS) is 17.2.